The van der Waals surface area contributed by atoms with Gasteiger partial charge in [0, 0.05) is 26.2 Å². The van der Waals surface area contributed by atoms with Gasteiger partial charge < -0.3 is 9.80 Å². The van der Waals surface area contributed by atoms with E-state index in [0.717, 1.165) is 0 Å². The van der Waals surface area contributed by atoms with Gasteiger partial charge in [-0.1, -0.05) is 56.5 Å². The highest BCUT2D eigenvalue weighted by Gasteiger charge is 2.15. The Morgan fingerprint density at radius 2 is 1.38 bits per heavy atom. The van der Waals surface area contributed by atoms with Gasteiger partial charge in [-0.2, -0.15) is 0 Å². The zero-order chi connectivity index (χ0) is 14.8. The minimum atomic E-state index is 1.22. The fraction of sp³-hybridized carbons (Fsp3) is 0.684. The molecule has 2 heteroatoms. The molecule has 0 radical (unpaired) electrons. The Kier molecular flexibility index (Phi) is 7.83. The van der Waals surface area contributed by atoms with E-state index in [9.17, 15) is 0 Å². The lowest BCUT2D eigenvalue weighted by Gasteiger charge is -2.34. The van der Waals surface area contributed by atoms with Gasteiger partial charge in [0.2, 0.25) is 0 Å². The Labute approximate surface area is 131 Å². The SMILES string of the molecule is CCCCCCN1CCN(CCCc2ccccc2)CC1. The lowest BCUT2D eigenvalue weighted by atomic mass is 10.1. The van der Waals surface area contributed by atoms with Gasteiger partial charge in [-0.3, -0.25) is 0 Å². The van der Waals surface area contributed by atoms with Crippen LogP contribution in [0.25, 0.3) is 0 Å². The van der Waals surface area contributed by atoms with E-state index in [0.29, 0.717) is 0 Å². The molecule has 1 heterocycles. The number of benzene rings is 1. The topological polar surface area (TPSA) is 6.48 Å². The average molecular weight is 288 g/mol. The summed E-state index contributed by atoms with van der Waals surface area (Å²) in [6.45, 7) is 9.95. The van der Waals surface area contributed by atoms with Crippen molar-refractivity contribution >= 4 is 0 Å². The fourth-order valence-corrected chi connectivity index (χ4v) is 3.15. The van der Waals surface area contributed by atoms with Gasteiger partial charge in [0.25, 0.3) is 0 Å². The second-order valence-corrected chi connectivity index (χ2v) is 6.33. The van der Waals surface area contributed by atoms with E-state index in [1.165, 1.54) is 83.4 Å². The molecular formula is C19H32N2. The first-order valence-electron chi connectivity index (χ1n) is 8.87. The van der Waals surface area contributed by atoms with E-state index in [1.54, 1.807) is 0 Å². The van der Waals surface area contributed by atoms with E-state index in [2.05, 4.69) is 47.1 Å². The molecule has 0 aromatic heterocycles. The molecule has 0 bridgehead atoms. The Hall–Kier alpha value is -0.860. The monoisotopic (exact) mass is 288 g/mol. The maximum atomic E-state index is 2.66. The summed E-state index contributed by atoms with van der Waals surface area (Å²) >= 11 is 0. The zero-order valence-electron chi connectivity index (χ0n) is 13.8. The van der Waals surface area contributed by atoms with Crippen molar-refractivity contribution < 1.29 is 0 Å². The summed E-state index contributed by atoms with van der Waals surface area (Å²) in [6, 6.07) is 10.9. The number of unbranched alkanes of at least 4 members (excludes halogenated alkanes) is 3. The molecule has 0 amide bonds. The molecule has 21 heavy (non-hydrogen) atoms. The van der Waals surface area contributed by atoms with Crippen LogP contribution in [0.5, 0.6) is 0 Å². The first-order valence-corrected chi connectivity index (χ1v) is 8.87. The molecule has 2 rings (SSSR count). The van der Waals surface area contributed by atoms with Crippen molar-refractivity contribution in [1.82, 2.24) is 9.80 Å². The van der Waals surface area contributed by atoms with E-state index >= 15 is 0 Å². The van der Waals surface area contributed by atoms with Gasteiger partial charge in [0.1, 0.15) is 0 Å². The van der Waals surface area contributed by atoms with Gasteiger partial charge in [0.15, 0.2) is 0 Å². The third kappa shape index (κ3) is 6.62. The summed E-state index contributed by atoms with van der Waals surface area (Å²) in [5.74, 6) is 0. The normalized spacial score (nSPS) is 17.2. The average Bonchev–Trinajstić information content (AvgIpc) is 2.54. The molecule has 1 aliphatic heterocycles. The van der Waals surface area contributed by atoms with E-state index < -0.39 is 0 Å². The summed E-state index contributed by atoms with van der Waals surface area (Å²) in [6.07, 6.45) is 8.06. The first-order chi connectivity index (χ1) is 10.4. The molecule has 1 saturated heterocycles. The highest BCUT2D eigenvalue weighted by molar-refractivity contribution is 5.14. The number of nitrogens with zero attached hydrogens (tertiary/aromatic N) is 2. The van der Waals surface area contributed by atoms with Crippen LogP contribution in [0.15, 0.2) is 30.3 Å². The zero-order valence-corrected chi connectivity index (χ0v) is 13.8. The predicted molar refractivity (Wildman–Crippen MR) is 91.8 cm³/mol. The Bertz CT molecular complexity index is 355. The number of rotatable bonds is 9. The maximum absolute atomic E-state index is 2.66. The van der Waals surface area contributed by atoms with Crippen molar-refractivity contribution in [2.75, 3.05) is 39.3 Å². The predicted octanol–water partition coefficient (Wildman–Crippen LogP) is 3.82. The summed E-state index contributed by atoms with van der Waals surface area (Å²) < 4.78 is 0. The second kappa shape index (κ2) is 9.97. The van der Waals surface area contributed by atoms with Crippen molar-refractivity contribution in [3.63, 3.8) is 0 Å². The molecule has 0 unspecified atom stereocenters. The number of aryl methyl sites for hydroxylation is 1. The molecule has 0 spiro atoms. The van der Waals surface area contributed by atoms with Crippen molar-refractivity contribution in [2.24, 2.45) is 0 Å². The van der Waals surface area contributed by atoms with E-state index in [4.69, 9.17) is 0 Å². The Morgan fingerprint density at radius 1 is 0.762 bits per heavy atom. The standard InChI is InChI=1S/C19H32N2/c1-2-3-4-8-13-20-15-17-21(18-16-20)14-9-12-19-10-6-5-7-11-19/h5-7,10-11H,2-4,8-9,12-18H2,1H3. The van der Waals surface area contributed by atoms with Gasteiger partial charge in [-0.05, 0) is 37.9 Å². The van der Waals surface area contributed by atoms with Crippen LogP contribution >= 0.6 is 0 Å². The number of hydrogen-bond donors (Lipinski definition) is 0. The Balaban J connectivity index is 1.53. The largest absolute Gasteiger partial charge is 0.301 e. The van der Waals surface area contributed by atoms with Crippen LogP contribution in [-0.4, -0.2) is 49.1 Å². The van der Waals surface area contributed by atoms with Crippen molar-refractivity contribution in [1.29, 1.82) is 0 Å². The molecule has 0 N–H and O–H groups in total. The first kappa shape index (κ1) is 16.5. The van der Waals surface area contributed by atoms with Crippen molar-refractivity contribution in [2.45, 2.75) is 45.4 Å². The van der Waals surface area contributed by atoms with E-state index in [1.807, 2.05) is 0 Å². The van der Waals surface area contributed by atoms with Crippen LogP contribution in [0.2, 0.25) is 0 Å². The molecular weight excluding hydrogens is 256 g/mol. The summed E-state index contributed by atoms with van der Waals surface area (Å²) in [7, 11) is 0. The lowest BCUT2D eigenvalue weighted by Crippen LogP contribution is -2.46. The third-order valence-electron chi connectivity index (χ3n) is 4.58. The van der Waals surface area contributed by atoms with Crippen LogP contribution in [0.4, 0.5) is 0 Å². The summed E-state index contributed by atoms with van der Waals surface area (Å²) in [5.41, 5.74) is 1.48. The maximum Gasteiger partial charge on any atom is 0.0110 e. The lowest BCUT2D eigenvalue weighted by molar-refractivity contribution is 0.130. The molecule has 0 atom stereocenters. The molecule has 0 saturated carbocycles. The van der Waals surface area contributed by atoms with Crippen LogP contribution in [0.1, 0.15) is 44.6 Å². The third-order valence-corrected chi connectivity index (χ3v) is 4.58. The van der Waals surface area contributed by atoms with Gasteiger partial charge in [-0.15, -0.1) is 0 Å². The minimum Gasteiger partial charge on any atom is -0.301 e. The minimum absolute atomic E-state index is 1.22. The molecule has 1 aliphatic rings. The molecule has 118 valence electrons. The molecule has 0 aliphatic carbocycles. The van der Waals surface area contributed by atoms with Crippen LogP contribution in [0.3, 0.4) is 0 Å². The van der Waals surface area contributed by atoms with Crippen LogP contribution < -0.4 is 0 Å². The summed E-state index contributed by atoms with van der Waals surface area (Å²) in [4.78, 5) is 5.30. The van der Waals surface area contributed by atoms with Crippen LogP contribution in [0, 0.1) is 0 Å². The number of piperazine rings is 1. The van der Waals surface area contributed by atoms with Gasteiger partial charge in [-0.25, -0.2) is 0 Å². The molecule has 1 fully saturated rings. The second-order valence-electron chi connectivity index (χ2n) is 6.33. The summed E-state index contributed by atoms with van der Waals surface area (Å²) in [5, 5.41) is 0. The smallest absolute Gasteiger partial charge is 0.0110 e. The fourth-order valence-electron chi connectivity index (χ4n) is 3.15. The molecule has 1 aromatic rings. The molecule has 2 nitrogen and oxygen atoms in total. The van der Waals surface area contributed by atoms with Gasteiger partial charge >= 0.3 is 0 Å². The van der Waals surface area contributed by atoms with Crippen molar-refractivity contribution in [3.05, 3.63) is 35.9 Å². The van der Waals surface area contributed by atoms with Crippen LogP contribution in [-0.2, 0) is 6.42 Å². The Morgan fingerprint density at radius 3 is 2.00 bits per heavy atom. The van der Waals surface area contributed by atoms with E-state index in [-0.39, 0.29) is 0 Å². The highest BCUT2D eigenvalue weighted by atomic mass is 15.3. The molecule has 1 aromatic carbocycles. The number of hydrogen-bond acceptors (Lipinski definition) is 2. The van der Waals surface area contributed by atoms with Gasteiger partial charge in [0.05, 0.1) is 0 Å². The van der Waals surface area contributed by atoms with Crippen molar-refractivity contribution in [3.8, 4) is 0 Å². The highest BCUT2D eigenvalue weighted by Crippen LogP contribution is 2.08. The quantitative estimate of drug-likeness (QED) is 0.637.